The van der Waals surface area contributed by atoms with Crippen LogP contribution in [0.2, 0.25) is 0 Å². The van der Waals surface area contributed by atoms with Crippen molar-refractivity contribution in [3.8, 4) is 0 Å². The third kappa shape index (κ3) is 4.45. The van der Waals surface area contributed by atoms with Gasteiger partial charge in [0.15, 0.2) is 9.84 Å². The van der Waals surface area contributed by atoms with Gasteiger partial charge in [-0.2, -0.15) is 0 Å². The SMILES string of the molecule is CS(=O)(=O)c1cccc(C(=O)NCC2(N3CCOCC3)CCCCC2)c1. The average Bonchev–Trinajstić information content (AvgIpc) is 2.67. The van der Waals surface area contributed by atoms with E-state index in [1.54, 1.807) is 12.1 Å². The maximum Gasteiger partial charge on any atom is 0.251 e. The maximum absolute atomic E-state index is 12.6. The van der Waals surface area contributed by atoms with Gasteiger partial charge in [0, 0.05) is 37.0 Å². The van der Waals surface area contributed by atoms with E-state index in [4.69, 9.17) is 4.74 Å². The van der Waals surface area contributed by atoms with Crippen LogP contribution in [-0.2, 0) is 14.6 Å². The molecule has 1 aromatic carbocycles. The summed E-state index contributed by atoms with van der Waals surface area (Å²) in [7, 11) is -3.33. The lowest BCUT2D eigenvalue weighted by molar-refractivity contribution is -0.0361. The number of nitrogens with zero attached hydrogens (tertiary/aromatic N) is 1. The normalized spacial score (nSPS) is 21.3. The fourth-order valence-electron chi connectivity index (χ4n) is 4.07. The van der Waals surface area contributed by atoms with E-state index < -0.39 is 9.84 Å². The zero-order valence-corrected chi connectivity index (χ0v) is 16.2. The van der Waals surface area contributed by atoms with Crippen molar-refractivity contribution in [2.75, 3.05) is 39.1 Å². The van der Waals surface area contributed by atoms with E-state index in [1.807, 2.05) is 0 Å². The predicted octanol–water partition coefficient (Wildman–Crippen LogP) is 1.85. The Bertz CT molecular complexity index is 736. The Morgan fingerprint density at radius 2 is 1.88 bits per heavy atom. The molecular formula is C19H28N2O4S. The van der Waals surface area contributed by atoms with E-state index in [2.05, 4.69) is 10.2 Å². The summed E-state index contributed by atoms with van der Waals surface area (Å²) in [4.78, 5) is 15.3. The summed E-state index contributed by atoms with van der Waals surface area (Å²) in [5.74, 6) is -0.214. The molecule has 6 nitrogen and oxygen atoms in total. The van der Waals surface area contributed by atoms with Crippen LogP contribution in [-0.4, -0.2) is 63.9 Å². The van der Waals surface area contributed by atoms with Crippen molar-refractivity contribution >= 4 is 15.7 Å². The van der Waals surface area contributed by atoms with Gasteiger partial charge in [0.2, 0.25) is 0 Å². The van der Waals surface area contributed by atoms with Crippen molar-refractivity contribution in [3.05, 3.63) is 29.8 Å². The molecule has 7 heteroatoms. The Morgan fingerprint density at radius 1 is 1.19 bits per heavy atom. The Morgan fingerprint density at radius 3 is 2.54 bits per heavy atom. The quantitative estimate of drug-likeness (QED) is 0.844. The first kappa shape index (κ1) is 19.3. The lowest BCUT2D eigenvalue weighted by atomic mass is 9.79. The number of ether oxygens (including phenoxy) is 1. The molecule has 2 fully saturated rings. The Hall–Kier alpha value is -1.44. The Balaban J connectivity index is 1.71. The molecule has 0 bridgehead atoms. The number of sulfone groups is 1. The molecule has 2 aliphatic rings. The number of hydrogen-bond donors (Lipinski definition) is 1. The summed E-state index contributed by atoms with van der Waals surface area (Å²) in [6, 6.07) is 6.24. The molecule has 0 unspecified atom stereocenters. The first-order valence-electron chi connectivity index (χ1n) is 9.32. The van der Waals surface area contributed by atoms with Crippen LogP contribution in [0.3, 0.4) is 0 Å². The first-order chi connectivity index (χ1) is 12.4. The molecule has 1 N–H and O–H groups in total. The van der Waals surface area contributed by atoms with Gasteiger partial charge in [0.25, 0.3) is 5.91 Å². The zero-order chi connectivity index (χ0) is 18.6. The molecule has 1 amide bonds. The van der Waals surface area contributed by atoms with Gasteiger partial charge in [-0.05, 0) is 31.0 Å². The summed E-state index contributed by atoms with van der Waals surface area (Å²) in [5.41, 5.74) is 0.382. The number of nitrogens with one attached hydrogen (secondary N) is 1. The Labute approximate surface area is 155 Å². The van der Waals surface area contributed by atoms with Crippen LogP contribution in [0.5, 0.6) is 0 Å². The van der Waals surface area contributed by atoms with Crippen LogP contribution in [0.4, 0.5) is 0 Å². The number of amides is 1. The highest BCUT2D eigenvalue weighted by Gasteiger charge is 2.38. The first-order valence-corrected chi connectivity index (χ1v) is 11.2. The van der Waals surface area contributed by atoms with E-state index in [0.29, 0.717) is 12.1 Å². The summed E-state index contributed by atoms with van der Waals surface area (Å²) in [6.45, 7) is 3.88. The third-order valence-electron chi connectivity index (χ3n) is 5.57. The topological polar surface area (TPSA) is 75.7 Å². The minimum Gasteiger partial charge on any atom is -0.379 e. The van der Waals surface area contributed by atoms with Crippen LogP contribution in [0.15, 0.2) is 29.2 Å². The van der Waals surface area contributed by atoms with E-state index in [1.165, 1.54) is 31.4 Å². The molecule has 1 aromatic rings. The van der Waals surface area contributed by atoms with Gasteiger partial charge in [-0.1, -0.05) is 25.3 Å². The van der Waals surface area contributed by atoms with Crippen LogP contribution in [0.25, 0.3) is 0 Å². The van der Waals surface area contributed by atoms with E-state index in [0.717, 1.165) is 45.4 Å². The van der Waals surface area contributed by atoms with Crippen LogP contribution >= 0.6 is 0 Å². The summed E-state index contributed by atoms with van der Waals surface area (Å²) >= 11 is 0. The van der Waals surface area contributed by atoms with E-state index in [-0.39, 0.29) is 16.3 Å². The van der Waals surface area contributed by atoms with Crippen LogP contribution in [0, 0.1) is 0 Å². The molecule has 0 atom stereocenters. The number of carbonyl (C=O) groups is 1. The fourth-order valence-corrected chi connectivity index (χ4v) is 4.73. The fraction of sp³-hybridized carbons (Fsp3) is 0.632. The predicted molar refractivity (Wildman–Crippen MR) is 100 cm³/mol. The number of benzene rings is 1. The van der Waals surface area contributed by atoms with E-state index in [9.17, 15) is 13.2 Å². The molecule has 0 radical (unpaired) electrons. The van der Waals surface area contributed by atoms with Gasteiger partial charge in [-0.25, -0.2) is 8.42 Å². The minimum atomic E-state index is -3.33. The van der Waals surface area contributed by atoms with Crippen molar-refractivity contribution in [2.24, 2.45) is 0 Å². The largest absolute Gasteiger partial charge is 0.379 e. The molecule has 3 rings (SSSR count). The highest BCUT2D eigenvalue weighted by Crippen LogP contribution is 2.34. The number of rotatable bonds is 5. The van der Waals surface area contributed by atoms with Crippen molar-refractivity contribution in [1.29, 1.82) is 0 Å². The van der Waals surface area contributed by atoms with Gasteiger partial charge >= 0.3 is 0 Å². The molecule has 1 aliphatic heterocycles. The third-order valence-corrected chi connectivity index (χ3v) is 6.68. The molecule has 26 heavy (non-hydrogen) atoms. The van der Waals surface area contributed by atoms with Crippen molar-refractivity contribution in [1.82, 2.24) is 10.2 Å². The second-order valence-corrected chi connectivity index (χ2v) is 9.38. The van der Waals surface area contributed by atoms with Gasteiger partial charge in [-0.15, -0.1) is 0 Å². The lowest BCUT2D eigenvalue weighted by Crippen LogP contribution is -2.59. The second kappa shape index (κ2) is 8.06. The number of hydrogen-bond acceptors (Lipinski definition) is 5. The molecule has 1 saturated carbocycles. The summed E-state index contributed by atoms with van der Waals surface area (Å²) < 4.78 is 28.9. The molecule has 1 saturated heterocycles. The zero-order valence-electron chi connectivity index (χ0n) is 15.4. The monoisotopic (exact) mass is 380 g/mol. The molecule has 0 aromatic heterocycles. The van der Waals surface area contributed by atoms with Crippen molar-refractivity contribution < 1.29 is 17.9 Å². The number of carbonyl (C=O) groups excluding carboxylic acids is 1. The van der Waals surface area contributed by atoms with Crippen molar-refractivity contribution in [2.45, 2.75) is 42.5 Å². The highest BCUT2D eigenvalue weighted by atomic mass is 32.2. The molecule has 144 valence electrons. The van der Waals surface area contributed by atoms with Gasteiger partial charge in [-0.3, -0.25) is 9.69 Å². The Kier molecular flexibility index (Phi) is 5.99. The van der Waals surface area contributed by atoms with Crippen LogP contribution in [0.1, 0.15) is 42.5 Å². The molecular weight excluding hydrogens is 352 g/mol. The van der Waals surface area contributed by atoms with Gasteiger partial charge < -0.3 is 10.1 Å². The molecule has 0 spiro atoms. The van der Waals surface area contributed by atoms with Gasteiger partial charge in [0.1, 0.15) is 0 Å². The summed E-state index contributed by atoms with van der Waals surface area (Å²) in [5, 5.41) is 3.07. The van der Waals surface area contributed by atoms with E-state index >= 15 is 0 Å². The second-order valence-electron chi connectivity index (χ2n) is 7.37. The van der Waals surface area contributed by atoms with Gasteiger partial charge in [0.05, 0.1) is 18.1 Å². The standard InChI is InChI=1S/C19H28N2O4S/c1-26(23,24)17-7-5-6-16(14-17)18(22)20-15-19(8-3-2-4-9-19)21-10-12-25-13-11-21/h5-7,14H,2-4,8-13,15H2,1H3,(H,20,22). The highest BCUT2D eigenvalue weighted by molar-refractivity contribution is 7.90. The average molecular weight is 381 g/mol. The minimum absolute atomic E-state index is 0.00780. The lowest BCUT2D eigenvalue weighted by Gasteiger charge is -2.48. The molecule has 1 heterocycles. The molecule has 1 aliphatic carbocycles. The van der Waals surface area contributed by atoms with Crippen LogP contribution < -0.4 is 5.32 Å². The summed E-state index contributed by atoms with van der Waals surface area (Å²) in [6.07, 6.45) is 6.91. The van der Waals surface area contributed by atoms with Crippen molar-refractivity contribution in [3.63, 3.8) is 0 Å². The number of morpholine rings is 1. The smallest absolute Gasteiger partial charge is 0.251 e. The maximum atomic E-state index is 12.6.